The van der Waals surface area contributed by atoms with Crippen LogP contribution in [-0.4, -0.2) is 37.6 Å². The van der Waals surface area contributed by atoms with Crippen molar-refractivity contribution in [3.63, 3.8) is 0 Å². The van der Waals surface area contributed by atoms with E-state index in [2.05, 4.69) is 5.92 Å². The van der Waals surface area contributed by atoms with E-state index in [0.29, 0.717) is 24.6 Å². The van der Waals surface area contributed by atoms with Crippen LogP contribution in [0.1, 0.15) is 9.67 Å². The van der Waals surface area contributed by atoms with Gasteiger partial charge in [0.2, 0.25) is 0 Å². The Morgan fingerprint density at radius 2 is 2.53 bits per heavy atom. The number of thiophene rings is 1. The minimum absolute atomic E-state index is 0.0278. The lowest BCUT2D eigenvalue weighted by molar-refractivity contribution is 0.0726. The summed E-state index contributed by atoms with van der Waals surface area (Å²) in [7, 11) is 1.60. The van der Waals surface area contributed by atoms with Crippen LogP contribution in [-0.2, 0) is 4.74 Å². The fraction of sp³-hybridized carbons (Fsp3) is 0.364. The number of methoxy groups -OCH3 is 1. The molecule has 0 atom stereocenters. The van der Waals surface area contributed by atoms with Crippen LogP contribution in [0.2, 0.25) is 0 Å². The Bertz CT molecular complexity index is 340. The van der Waals surface area contributed by atoms with Gasteiger partial charge in [0.05, 0.1) is 18.0 Å². The molecule has 15 heavy (non-hydrogen) atoms. The van der Waals surface area contributed by atoms with Gasteiger partial charge in [-0.3, -0.25) is 4.79 Å². The van der Waals surface area contributed by atoms with Gasteiger partial charge in [-0.25, -0.2) is 0 Å². The number of rotatable bonds is 5. The highest BCUT2D eigenvalue weighted by Gasteiger charge is 2.14. The maximum atomic E-state index is 11.9. The summed E-state index contributed by atoms with van der Waals surface area (Å²) in [5.74, 6) is 2.45. The molecule has 1 aromatic heterocycles. The van der Waals surface area contributed by atoms with Crippen LogP contribution in [0.4, 0.5) is 0 Å². The van der Waals surface area contributed by atoms with Crippen LogP contribution in [0.3, 0.4) is 0 Å². The van der Waals surface area contributed by atoms with Crippen LogP contribution in [0, 0.1) is 12.3 Å². The van der Waals surface area contributed by atoms with Crippen LogP contribution < -0.4 is 0 Å². The Morgan fingerprint density at radius 1 is 1.73 bits per heavy atom. The van der Waals surface area contributed by atoms with Gasteiger partial charge in [-0.2, -0.15) is 0 Å². The second kappa shape index (κ2) is 6.23. The second-order valence-corrected chi connectivity index (χ2v) is 3.85. The molecule has 0 spiro atoms. The molecule has 1 heterocycles. The first kappa shape index (κ1) is 11.8. The van der Waals surface area contributed by atoms with E-state index >= 15 is 0 Å². The molecule has 1 amide bonds. The summed E-state index contributed by atoms with van der Waals surface area (Å²) in [6.45, 7) is 1.34. The molecular formula is C11H13NO2S. The molecular weight excluding hydrogens is 210 g/mol. The number of hydrogen-bond donors (Lipinski definition) is 0. The smallest absolute Gasteiger partial charge is 0.264 e. The quantitative estimate of drug-likeness (QED) is 0.707. The molecule has 0 aromatic carbocycles. The third-order valence-corrected chi connectivity index (χ3v) is 2.72. The van der Waals surface area contributed by atoms with E-state index in [1.807, 2.05) is 11.4 Å². The van der Waals surface area contributed by atoms with E-state index in [9.17, 15) is 4.79 Å². The Kier molecular flexibility index (Phi) is 4.88. The highest BCUT2D eigenvalue weighted by Crippen LogP contribution is 2.11. The molecule has 0 aliphatic carbocycles. The van der Waals surface area contributed by atoms with Gasteiger partial charge in [-0.05, 0) is 11.4 Å². The molecule has 1 rings (SSSR count). The zero-order chi connectivity index (χ0) is 11.1. The van der Waals surface area contributed by atoms with Crippen molar-refractivity contribution in [2.45, 2.75) is 0 Å². The average molecular weight is 223 g/mol. The van der Waals surface area contributed by atoms with Crippen molar-refractivity contribution in [2.75, 3.05) is 26.8 Å². The van der Waals surface area contributed by atoms with E-state index in [4.69, 9.17) is 11.2 Å². The fourth-order valence-electron chi connectivity index (χ4n) is 1.12. The van der Waals surface area contributed by atoms with Gasteiger partial charge in [-0.15, -0.1) is 17.8 Å². The van der Waals surface area contributed by atoms with Crippen molar-refractivity contribution < 1.29 is 9.53 Å². The fourth-order valence-corrected chi connectivity index (χ4v) is 1.81. The minimum atomic E-state index is -0.0278. The molecule has 0 radical (unpaired) electrons. The lowest BCUT2D eigenvalue weighted by atomic mass is 10.4. The summed E-state index contributed by atoms with van der Waals surface area (Å²) in [6.07, 6.45) is 5.21. The van der Waals surface area contributed by atoms with E-state index in [-0.39, 0.29) is 5.91 Å². The third kappa shape index (κ3) is 3.39. The number of nitrogens with zero attached hydrogens (tertiary/aromatic N) is 1. The lowest BCUT2D eigenvalue weighted by Gasteiger charge is -2.18. The zero-order valence-corrected chi connectivity index (χ0v) is 9.42. The lowest BCUT2D eigenvalue weighted by Crippen LogP contribution is -2.33. The summed E-state index contributed by atoms with van der Waals surface area (Å²) in [4.78, 5) is 14.2. The van der Waals surface area contributed by atoms with Crippen molar-refractivity contribution >= 4 is 17.2 Å². The molecule has 3 nitrogen and oxygen atoms in total. The van der Waals surface area contributed by atoms with E-state index < -0.39 is 0 Å². The second-order valence-electron chi connectivity index (χ2n) is 2.90. The van der Waals surface area contributed by atoms with E-state index in [1.165, 1.54) is 11.3 Å². The maximum absolute atomic E-state index is 11.9. The predicted molar refractivity (Wildman–Crippen MR) is 60.9 cm³/mol. The summed E-state index contributed by atoms with van der Waals surface area (Å²) < 4.78 is 4.93. The summed E-state index contributed by atoms with van der Waals surface area (Å²) in [5, 5.41) is 1.87. The largest absolute Gasteiger partial charge is 0.383 e. The molecule has 0 N–H and O–H groups in total. The molecule has 0 aliphatic heterocycles. The van der Waals surface area contributed by atoms with Crippen molar-refractivity contribution in [3.05, 3.63) is 22.4 Å². The van der Waals surface area contributed by atoms with Gasteiger partial charge < -0.3 is 9.64 Å². The van der Waals surface area contributed by atoms with Gasteiger partial charge in [0, 0.05) is 13.7 Å². The Balaban J connectivity index is 2.63. The van der Waals surface area contributed by atoms with Crippen LogP contribution in [0.25, 0.3) is 0 Å². The van der Waals surface area contributed by atoms with Crippen LogP contribution in [0.5, 0.6) is 0 Å². The van der Waals surface area contributed by atoms with Crippen molar-refractivity contribution in [1.82, 2.24) is 4.90 Å². The molecule has 0 aliphatic rings. The number of hydrogen-bond acceptors (Lipinski definition) is 3. The van der Waals surface area contributed by atoms with Crippen molar-refractivity contribution in [2.24, 2.45) is 0 Å². The predicted octanol–water partition coefficient (Wildman–Crippen LogP) is 1.47. The Hall–Kier alpha value is -1.31. The standard InChI is InChI=1S/C11H13NO2S/c1-3-6-12(7-8-14-2)11(13)10-5-4-9-15-10/h1,4-5,9H,6-8H2,2H3. The SMILES string of the molecule is C#CCN(CCOC)C(=O)c1cccs1. The molecule has 0 saturated heterocycles. The molecule has 80 valence electrons. The number of ether oxygens (including phenoxy) is 1. The molecule has 1 aromatic rings. The maximum Gasteiger partial charge on any atom is 0.264 e. The highest BCUT2D eigenvalue weighted by molar-refractivity contribution is 7.12. The molecule has 0 unspecified atom stereocenters. The van der Waals surface area contributed by atoms with Crippen molar-refractivity contribution in [3.8, 4) is 12.3 Å². The average Bonchev–Trinajstić information content (AvgIpc) is 2.76. The number of carbonyl (C=O) groups is 1. The highest BCUT2D eigenvalue weighted by atomic mass is 32.1. The van der Waals surface area contributed by atoms with Crippen LogP contribution >= 0.6 is 11.3 Å². The Morgan fingerprint density at radius 3 is 3.07 bits per heavy atom. The number of amides is 1. The van der Waals surface area contributed by atoms with Gasteiger partial charge >= 0.3 is 0 Å². The first-order valence-corrected chi connectivity index (χ1v) is 5.42. The van der Waals surface area contributed by atoms with Crippen molar-refractivity contribution in [1.29, 1.82) is 0 Å². The molecule has 4 heteroatoms. The first-order chi connectivity index (χ1) is 7.29. The summed E-state index contributed by atoms with van der Waals surface area (Å²) in [5.41, 5.74) is 0. The minimum Gasteiger partial charge on any atom is -0.383 e. The van der Waals surface area contributed by atoms with E-state index in [0.717, 1.165) is 0 Å². The number of terminal acetylenes is 1. The topological polar surface area (TPSA) is 29.5 Å². The van der Waals surface area contributed by atoms with E-state index in [1.54, 1.807) is 18.1 Å². The number of carbonyl (C=O) groups excluding carboxylic acids is 1. The van der Waals surface area contributed by atoms with Gasteiger partial charge in [0.1, 0.15) is 0 Å². The molecule has 0 saturated carbocycles. The zero-order valence-electron chi connectivity index (χ0n) is 8.60. The van der Waals surface area contributed by atoms with Crippen LogP contribution in [0.15, 0.2) is 17.5 Å². The third-order valence-electron chi connectivity index (χ3n) is 1.87. The van der Waals surface area contributed by atoms with Gasteiger partial charge in [-0.1, -0.05) is 12.0 Å². The Labute approximate surface area is 93.7 Å². The monoisotopic (exact) mass is 223 g/mol. The van der Waals surface area contributed by atoms with Gasteiger partial charge in [0.25, 0.3) is 5.91 Å². The summed E-state index contributed by atoms with van der Waals surface area (Å²) >= 11 is 1.42. The molecule has 0 bridgehead atoms. The van der Waals surface area contributed by atoms with Gasteiger partial charge in [0.15, 0.2) is 0 Å². The summed E-state index contributed by atoms with van der Waals surface area (Å²) in [6, 6.07) is 3.64. The first-order valence-electron chi connectivity index (χ1n) is 4.54. The normalized spacial score (nSPS) is 9.60. The molecule has 0 fully saturated rings.